The van der Waals surface area contributed by atoms with E-state index in [2.05, 4.69) is 41.5 Å². The molecule has 1 fully saturated rings. The summed E-state index contributed by atoms with van der Waals surface area (Å²) in [6.07, 6.45) is 0.841. The molecule has 0 spiro atoms. The first-order valence-electron chi connectivity index (χ1n) is 6.34. The van der Waals surface area contributed by atoms with E-state index >= 15 is 0 Å². The van der Waals surface area contributed by atoms with Crippen molar-refractivity contribution in [3.05, 3.63) is 29.3 Å². The predicted molar refractivity (Wildman–Crippen MR) is 81.9 cm³/mol. The molecule has 1 unspecified atom stereocenters. The van der Waals surface area contributed by atoms with Crippen LogP contribution >= 0.6 is 35.0 Å². The summed E-state index contributed by atoms with van der Waals surface area (Å²) in [5.41, 5.74) is 3.34. The van der Waals surface area contributed by atoms with Crippen LogP contribution in [0, 0.1) is 19.8 Å². The Morgan fingerprint density at radius 2 is 2.00 bits per heavy atom. The Labute approximate surface area is 131 Å². The highest BCUT2D eigenvalue weighted by atomic mass is 35.5. The molecule has 1 aromatic heterocycles. The molecule has 3 rings (SSSR count). The molecule has 0 saturated heterocycles. The second kappa shape index (κ2) is 5.20. The third-order valence-corrected chi connectivity index (χ3v) is 5.47. The van der Waals surface area contributed by atoms with Gasteiger partial charge in [0.25, 0.3) is 0 Å². The van der Waals surface area contributed by atoms with Crippen LogP contribution in [-0.2, 0) is 0 Å². The fraction of sp³-hybridized carbons (Fsp3) is 0.462. The monoisotopic (exact) mass is 328 g/mol. The Morgan fingerprint density at radius 3 is 2.60 bits per heavy atom. The molecule has 20 heavy (non-hydrogen) atoms. The molecule has 7 heteroatoms. The number of aromatic nitrogens is 4. The van der Waals surface area contributed by atoms with Crippen molar-refractivity contribution < 1.29 is 0 Å². The topological polar surface area (TPSA) is 43.6 Å². The first kappa shape index (κ1) is 14.2. The van der Waals surface area contributed by atoms with Gasteiger partial charge in [0.15, 0.2) is 0 Å². The Bertz CT molecular complexity index is 621. The van der Waals surface area contributed by atoms with Crippen molar-refractivity contribution in [1.82, 2.24) is 20.2 Å². The average molecular weight is 329 g/mol. The first-order chi connectivity index (χ1) is 9.49. The molecule has 106 valence electrons. The number of rotatable bonds is 4. The summed E-state index contributed by atoms with van der Waals surface area (Å²) in [6.45, 7) is 4.11. The summed E-state index contributed by atoms with van der Waals surface area (Å²) in [4.78, 5) is 0. The number of thioether (sulfide) groups is 1. The molecule has 1 aliphatic rings. The van der Waals surface area contributed by atoms with Crippen molar-refractivity contribution in [2.24, 2.45) is 5.92 Å². The van der Waals surface area contributed by atoms with Crippen molar-refractivity contribution >= 4 is 35.0 Å². The number of benzene rings is 1. The lowest BCUT2D eigenvalue weighted by Gasteiger charge is -2.10. The minimum Gasteiger partial charge on any atom is -0.187 e. The lowest BCUT2D eigenvalue weighted by atomic mass is 10.1. The van der Waals surface area contributed by atoms with E-state index in [0.29, 0.717) is 5.92 Å². The second-order valence-corrected chi connectivity index (χ2v) is 7.62. The Balaban J connectivity index is 1.83. The fourth-order valence-electron chi connectivity index (χ4n) is 2.17. The number of alkyl halides is 2. The van der Waals surface area contributed by atoms with Crippen molar-refractivity contribution in [2.75, 3.05) is 5.75 Å². The highest BCUT2D eigenvalue weighted by Gasteiger charge is 2.51. The van der Waals surface area contributed by atoms with E-state index in [0.717, 1.165) is 34.1 Å². The van der Waals surface area contributed by atoms with Crippen LogP contribution in [-0.4, -0.2) is 30.3 Å². The highest BCUT2D eigenvalue weighted by molar-refractivity contribution is 7.99. The van der Waals surface area contributed by atoms with Crippen molar-refractivity contribution in [2.45, 2.75) is 29.8 Å². The van der Waals surface area contributed by atoms with E-state index in [9.17, 15) is 0 Å². The zero-order valence-corrected chi connectivity index (χ0v) is 13.5. The lowest BCUT2D eigenvalue weighted by Crippen LogP contribution is -2.04. The van der Waals surface area contributed by atoms with Crippen LogP contribution in [0.25, 0.3) is 5.69 Å². The quantitative estimate of drug-likeness (QED) is 0.635. The molecule has 1 aliphatic carbocycles. The summed E-state index contributed by atoms with van der Waals surface area (Å²) in [5, 5.41) is 12.8. The van der Waals surface area contributed by atoms with E-state index in [-0.39, 0.29) is 0 Å². The molecule has 1 atom stereocenters. The third kappa shape index (κ3) is 2.67. The smallest absolute Gasteiger partial charge is 0.187 e. The SMILES string of the molecule is Cc1cccc(C)c1-n1nnnc1SCC1CC1(Cl)Cl. The summed E-state index contributed by atoms with van der Waals surface area (Å²) < 4.78 is 1.24. The highest BCUT2D eigenvalue weighted by Crippen LogP contribution is 2.54. The van der Waals surface area contributed by atoms with Crippen LogP contribution in [0.5, 0.6) is 0 Å². The maximum Gasteiger partial charge on any atom is 0.214 e. The Morgan fingerprint density at radius 1 is 1.35 bits per heavy atom. The number of aryl methyl sites for hydroxylation is 2. The van der Waals surface area contributed by atoms with E-state index in [1.807, 2.05) is 6.07 Å². The average Bonchev–Trinajstić information content (AvgIpc) is 2.80. The van der Waals surface area contributed by atoms with Gasteiger partial charge in [-0.05, 0) is 41.8 Å². The van der Waals surface area contributed by atoms with Gasteiger partial charge in [0.05, 0.1) is 5.69 Å². The maximum atomic E-state index is 6.05. The fourth-order valence-corrected chi connectivity index (χ4v) is 3.98. The molecule has 0 N–H and O–H groups in total. The number of tetrazole rings is 1. The Hall–Kier alpha value is -0.780. The summed E-state index contributed by atoms with van der Waals surface area (Å²) in [7, 11) is 0. The minimum absolute atomic E-state index is 0.318. The molecule has 1 aromatic carbocycles. The first-order valence-corrected chi connectivity index (χ1v) is 8.09. The van der Waals surface area contributed by atoms with Gasteiger partial charge in [-0.15, -0.1) is 28.3 Å². The van der Waals surface area contributed by atoms with Crippen LogP contribution in [0.2, 0.25) is 0 Å². The summed E-state index contributed by atoms with van der Waals surface area (Å²) in [6, 6.07) is 6.15. The van der Waals surface area contributed by atoms with Crippen molar-refractivity contribution in [3.8, 4) is 5.69 Å². The predicted octanol–water partition coefficient (Wildman–Crippen LogP) is 3.57. The van der Waals surface area contributed by atoms with Crippen LogP contribution in [0.4, 0.5) is 0 Å². The molecule has 1 heterocycles. The van der Waals surface area contributed by atoms with Gasteiger partial charge in [-0.3, -0.25) is 0 Å². The van der Waals surface area contributed by atoms with Gasteiger partial charge in [0, 0.05) is 11.7 Å². The zero-order chi connectivity index (χ0) is 14.3. The zero-order valence-electron chi connectivity index (χ0n) is 11.2. The standard InChI is InChI=1S/C13H14Cl2N4S/c1-8-4-3-5-9(2)11(8)19-12(16-17-18-19)20-7-10-6-13(10,14)15/h3-5,10H,6-7H2,1-2H3. The van der Waals surface area contributed by atoms with Crippen LogP contribution < -0.4 is 0 Å². The van der Waals surface area contributed by atoms with E-state index in [1.54, 1.807) is 16.4 Å². The molecule has 2 aromatic rings. The number of halogens is 2. The van der Waals surface area contributed by atoms with Gasteiger partial charge in [-0.1, -0.05) is 30.0 Å². The molecule has 0 amide bonds. The molecular formula is C13H14Cl2N4S. The second-order valence-electron chi connectivity index (χ2n) is 5.09. The summed E-state index contributed by atoms with van der Waals surface area (Å²) in [5.74, 6) is 1.15. The largest absolute Gasteiger partial charge is 0.214 e. The number of hydrogen-bond donors (Lipinski definition) is 0. The van der Waals surface area contributed by atoms with Gasteiger partial charge in [0.1, 0.15) is 4.33 Å². The van der Waals surface area contributed by atoms with Crippen molar-refractivity contribution in [1.29, 1.82) is 0 Å². The molecule has 0 radical (unpaired) electrons. The van der Waals surface area contributed by atoms with Gasteiger partial charge < -0.3 is 0 Å². The van der Waals surface area contributed by atoms with Crippen LogP contribution in [0.3, 0.4) is 0 Å². The summed E-state index contributed by atoms with van der Waals surface area (Å²) >= 11 is 13.7. The van der Waals surface area contributed by atoms with E-state index in [1.165, 1.54) is 0 Å². The Kier molecular flexibility index (Phi) is 3.69. The normalized spacial score (nSPS) is 20.1. The van der Waals surface area contributed by atoms with Gasteiger partial charge in [-0.2, -0.15) is 4.68 Å². The number of nitrogens with zero attached hydrogens (tertiary/aromatic N) is 4. The van der Waals surface area contributed by atoms with Gasteiger partial charge in [0.2, 0.25) is 5.16 Å². The van der Waals surface area contributed by atoms with Crippen molar-refractivity contribution in [3.63, 3.8) is 0 Å². The molecule has 0 bridgehead atoms. The minimum atomic E-state index is -0.552. The van der Waals surface area contributed by atoms with Crippen LogP contribution in [0.1, 0.15) is 17.5 Å². The van der Waals surface area contributed by atoms with Gasteiger partial charge >= 0.3 is 0 Å². The van der Waals surface area contributed by atoms with E-state index < -0.39 is 4.33 Å². The molecule has 0 aliphatic heterocycles. The maximum absolute atomic E-state index is 6.05. The van der Waals surface area contributed by atoms with Gasteiger partial charge in [-0.25, -0.2) is 0 Å². The lowest BCUT2D eigenvalue weighted by molar-refractivity contribution is 0.746. The molecule has 4 nitrogen and oxygen atoms in total. The molecule has 1 saturated carbocycles. The number of para-hydroxylation sites is 1. The van der Waals surface area contributed by atoms with E-state index in [4.69, 9.17) is 23.2 Å². The third-order valence-electron chi connectivity index (χ3n) is 3.46. The number of hydrogen-bond acceptors (Lipinski definition) is 4. The van der Waals surface area contributed by atoms with Crippen LogP contribution in [0.15, 0.2) is 23.4 Å². The molecular weight excluding hydrogens is 315 g/mol.